The van der Waals surface area contributed by atoms with E-state index in [9.17, 15) is 27.9 Å². The molecule has 0 atom stereocenters. The van der Waals surface area contributed by atoms with Crippen LogP contribution in [0.15, 0.2) is 29.6 Å². The molecular weight excluding hydrogens is 477 g/mol. The Balaban J connectivity index is 1.31. The highest BCUT2D eigenvalue weighted by atomic mass is 32.1. The Hall–Kier alpha value is -2.67. The van der Waals surface area contributed by atoms with Crippen LogP contribution in [0.25, 0.3) is 10.6 Å². The average molecular weight is 497 g/mol. The number of carbonyl (C=O) groups is 2. The summed E-state index contributed by atoms with van der Waals surface area (Å²) in [6.45, 7) is 1.22. The van der Waals surface area contributed by atoms with Gasteiger partial charge in [-0.1, -0.05) is 12.1 Å². The number of Topliss-reactive ketones (excluding diaryl/α,β-unsaturated/α-hetero) is 1. The number of aliphatic hydroxyl groups excluding tert-OH is 1. The van der Waals surface area contributed by atoms with Crippen molar-refractivity contribution in [3.05, 3.63) is 56.5 Å². The maximum atomic E-state index is 12.7. The highest BCUT2D eigenvalue weighted by Crippen LogP contribution is 2.32. The number of likely N-dealkylation sites (tertiary alicyclic amines) is 1. The molecule has 0 spiro atoms. The Bertz CT molecular complexity index is 1170. The van der Waals surface area contributed by atoms with Crippen molar-refractivity contribution in [3.8, 4) is 10.6 Å². The molecule has 2 aromatic heterocycles. The van der Waals surface area contributed by atoms with Gasteiger partial charge in [0.2, 0.25) is 0 Å². The zero-order valence-corrected chi connectivity index (χ0v) is 18.8. The second kappa shape index (κ2) is 9.29. The minimum atomic E-state index is -4.35. The summed E-state index contributed by atoms with van der Waals surface area (Å²) in [5.41, 5.74) is 6.19. The van der Waals surface area contributed by atoms with Crippen LogP contribution in [0.4, 0.5) is 13.2 Å². The molecule has 174 valence electrons. The van der Waals surface area contributed by atoms with Crippen molar-refractivity contribution >= 4 is 34.4 Å². The summed E-state index contributed by atoms with van der Waals surface area (Å²) in [6.07, 6.45) is -4.19. The third-order valence-electron chi connectivity index (χ3n) is 5.27. The smallest absolute Gasteiger partial charge is 0.390 e. The number of rotatable bonds is 8. The molecule has 33 heavy (non-hydrogen) atoms. The molecular formula is C21H19F3N4O3S2. The summed E-state index contributed by atoms with van der Waals surface area (Å²) in [4.78, 5) is 35.0. The van der Waals surface area contributed by atoms with Gasteiger partial charge in [0, 0.05) is 30.9 Å². The van der Waals surface area contributed by atoms with E-state index >= 15 is 0 Å². The number of carbonyl (C=O) groups excluding carboxylic acids is 2. The molecule has 3 aromatic rings. The monoisotopic (exact) mass is 496 g/mol. The molecule has 0 unspecified atom stereocenters. The molecule has 1 fully saturated rings. The van der Waals surface area contributed by atoms with Crippen LogP contribution in [0, 0.1) is 5.92 Å². The van der Waals surface area contributed by atoms with Gasteiger partial charge in [0.1, 0.15) is 10.8 Å². The molecule has 4 rings (SSSR count). The number of aliphatic hydroxyl groups is 1. The van der Waals surface area contributed by atoms with Crippen LogP contribution >= 0.6 is 22.7 Å². The van der Waals surface area contributed by atoms with Crippen LogP contribution in [-0.2, 0) is 30.5 Å². The molecule has 1 aromatic carbocycles. The number of benzene rings is 1. The summed E-state index contributed by atoms with van der Waals surface area (Å²) in [5, 5.41) is 11.9. The maximum absolute atomic E-state index is 12.7. The van der Waals surface area contributed by atoms with Gasteiger partial charge in [0.25, 0.3) is 5.91 Å². The average Bonchev–Trinajstić information content (AvgIpc) is 3.36. The van der Waals surface area contributed by atoms with Crippen LogP contribution < -0.4 is 5.73 Å². The topological polar surface area (TPSA) is 109 Å². The van der Waals surface area contributed by atoms with E-state index in [0.717, 1.165) is 29.0 Å². The molecule has 3 N–H and O–H groups in total. The predicted molar refractivity (Wildman–Crippen MR) is 117 cm³/mol. The molecule has 0 radical (unpaired) electrons. The van der Waals surface area contributed by atoms with Crippen LogP contribution in [-0.4, -0.2) is 44.8 Å². The van der Waals surface area contributed by atoms with Gasteiger partial charge >= 0.3 is 6.18 Å². The summed E-state index contributed by atoms with van der Waals surface area (Å²) in [6, 6.07) is 5.04. The number of hydrogen-bond donors (Lipinski definition) is 2. The van der Waals surface area contributed by atoms with Gasteiger partial charge in [-0.2, -0.15) is 13.2 Å². The van der Waals surface area contributed by atoms with Crippen molar-refractivity contribution in [2.75, 3.05) is 13.1 Å². The van der Waals surface area contributed by atoms with E-state index < -0.39 is 17.6 Å². The number of primary amides is 1. The first kappa shape index (κ1) is 23.5. The minimum absolute atomic E-state index is 0.0454. The van der Waals surface area contributed by atoms with E-state index in [1.165, 1.54) is 23.5 Å². The lowest BCUT2D eigenvalue weighted by atomic mass is 9.93. The number of thiazole rings is 2. The third kappa shape index (κ3) is 5.29. The van der Waals surface area contributed by atoms with Gasteiger partial charge in [-0.25, -0.2) is 9.97 Å². The Morgan fingerprint density at radius 1 is 1.18 bits per heavy atom. The quantitative estimate of drug-likeness (QED) is 0.496. The molecule has 0 saturated carbocycles. The van der Waals surface area contributed by atoms with Gasteiger partial charge in [0.05, 0.1) is 34.9 Å². The van der Waals surface area contributed by atoms with Gasteiger partial charge in [-0.3, -0.25) is 14.5 Å². The normalized spacial score (nSPS) is 14.9. The summed E-state index contributed by atoms with van der Waals surface area (Å²) in [7, 11) is 0. The molecule has 1 saturated heterocycles. The fraction of sp³-hybridized carbons (Fsp3) is 0.333. The number of alkyl halides is 3. The number of ketones is 1. The molecule has 0 bridgehead atoms. The van der Waals surface area contributed by atoms with Gasteiger partial charge < -0.3 is 10.8 Å². The number of nitrogens with zero attached hydrogens (tertiary/aromatic N) is 3. The molecule has 3 heterocycles. The highest BCUT2D eigenvalue weighted by Gasteiger charge is 2.33. The number of nitrogens with two attached hydrogens (primary N) is 1. The Labute approximate surface area is 194 Å². The maximum Gasteiger partial charge on any atom is 0.416 e. The Kier molecular flexibility index (Phi) is 6.61. The lowest BCUT2D eigenvalue weighted by Gasteiger charge is -2.38. The minimum Gasteiger partial charge on any atom is -0.390 e. The van der Waals surface area contributed by atoms with Crippen LogP contribution in [0.2, 0.25) is 0 Å². The molecule has 0 aliphatic carbocycles. The third-order valence-corrected chi connectivity index (χ3v) is 7.25. The molecule has 1 amide bonds. The van der Waals surface area contributed by atoms with Crippen LogP contribution in [0.3, 0.4) is 0 Å². The lowest BCUT2D eigenvalue weighted by Crippen LogP contribution is -2.50. The summed E-state index contributed by atoms with van der Waals surface area (Å²) < 4.78 is 38.0. The first-order valence-electron chi connectivity index (χ1n) is 9.90. The standard InChI is InChI=1S/C21H19F3N4O3S2/c22-21(23,24)13-3-1-11(2-4-13)6-28-7-12(8-28)16(30)5-17-26-15(10-32-17)18-14(9-29)27-20(33-18)19(25)31/h1-4,10,12,29H,5-9H2,(H2,25,31). The lowest BCUT2D eigenvalue weighted by molar-refractivity contribution is -0.137. The van der Waals surface area contributed by atoms with Crippen molar-refractivity contribution in [1.29, 1.82) is 0 Å². The van der Waals surface area contributed by atoms with E-state index in [1.807, 2.05) is 4.90 Å². The van der Waals surface area contributed by atoms with Crippen molar-refractivity contribution in [3.63, 3.8) is 0 Å². The number of halogens is 3. The first-order valence-corrected chi connectivity index (χ1v) is 11.6. The van der Waals surface area contributed by atoms with E-state index in [1.54, 1.807) is 5.38 Å². The SMILES string of the molecule is NC(=O)c1nc(CO)c(-c2csc(CC(=O)C3CN(Cc4ccc(C(F)(F)F)cc4)C3)n2)s1. The summed E-state index contributed by atoms with van der Waals surface area (Å²) in [5.74, 6) is -0.786. The molecule has 12 heteroatoms. The predicted octanol–water partition coefficient (Wildman–Crippen LogP) is 3.12. The van der Waals surface area contributed by atoms with Crippen molar-refractivity contribution < 1.29 is 27.9 Å². The molecule has 1 aliphatic rings. The van der Waals surface area contributed by atoms with Crippen LogP contribution in [0.1, 0.15) is 31.6 Å². The second-order valence-corrected chi connectivity index (χ2v) is 9.61. The Morgan fingerprint density at radius 3 is 2.48 bits per heavy atom. The van der Waals surface area contributed by atoms with E-state index in [4.69, 9.17) is 5.73 Å². The number of hydrogen-bond acceptors (Lipinski definition) is 8. The Morgan fingerprint density at radius 2 is 1.88 bits per heavy atom. The first-order chi connectivity index (χ1) is 15.6. The highest BCUT2D eigenvalue weighted by molar-refractivity contribution is 7.17. The van der Waals surface area contributed by atoms with Crippen LogP contribution in [0.5, 0.6) is 0 Å². The molecule has 1 aliphatic heterocycles. The fourth-order valence-corrected chi connectivity index (χ4v) is 5.27. The van der Waals surface area contributed by atoms with Gasteiger partial charge in [-0.05, 0) is 17.7 Å². The van der Waals surface area contributed by atoms with Crippen molar-refractivity contribution in [2.24, 2.45) is 11.7 Å². The van der Waals surface area contributed by atoms with E-state index in [0.29, 0.717) is 40.9 Å². The zero-order valence-electron chi connectivity index (χ0n) is 17.1. The zero-order chi connectivity index (χ0) is 23.8. The second-order valence-electron chi connectivity index (χ2n) is 7.67. The van der Waals surface area contributed by atoms with Gasteiger partial charge in [-0.15, -0.1) is 22.7 Å². The number of amides is 1. The van der Waals surface area contributed by atoms with Crippen molar-refractivity contribution in [1.82, 2.24) is 14.9 Å². The van der Waals surface area contributed by atoms with E-state index in [2.05, 4.69) is 9.97 Å². The van der Waals surface area contributed by atoms with E-state index in [-0.39, 0.29) is 29.7 Å². The van der Waals surface area contributed by atoms with Crippen molar-refractivity contribution in [2.45, 2.75) is 25.7 Å². The largest absolute Gasteiger partial charge is 0.416 e. The summed E-state index contributed by atoms with van der Waals surface area (Å²) >= 11 is 2.36. The van der Waals surface area contributed by atoms with Gasteiger partial charge in [0.15, 0.2) is 5.01 Å². The molecule has 7 nitrogen and oxygen atoms in total. The number of aromatic nitrogens is 2. The fourth-order valence-electron chi connectivity index (χ4n) is 3.51.